The highest BCUT2D eigenvalue weighted by Gasteiger charge is 2.28. The number of hydrogen-bond donors (Lipinski definition) is 0. The van der Waals surface area contributed by atoms with E-state index in [1.165, 1.54) is 0 Å². The second-order valence-electron chi connectivity index (χ2n) is 10.8. The normalized spacial score (nSPS) is 15.6. The van der Waals surface area contributed by atoms with Crippen molar-refractivity contribution in [1.29, 1.82) is 0 Å². The Hall–Kier alpha value is -2.19. The van der Waals surface area contributed by atoms with Crippen LogP contribution in [0.3, 0.4) is 0 Å². The summed E-state index contributed by atoms with van der Waals surface area (Å²) in [6.07, 6.45) is 0.557. The third-order valence-electron chi connectivity index (χ3n) is 5.59. The number of benzene rings is 2. The molecule has 0 atom stereocenters. The SMILES string of the molecule is [2H]C([2H])([2H])c1cc(C)c(-c2cc(C([2H])([2H])C(C)(C)C)c([Si](C)(C)C)c[n+]2C)cc1-c1ccc(C)cc1. The molecule has 0 radical (unpaired) electrons. The van der Waals surface area contributed by atoms with Gasteiger partial charge in [0.15, 0.2) is 6.20 Å². The van der Waals surface area contributed by atoms with E-state index in [9.17, 15) is 0 Å². The minimum absolute atomic E-state index is 0.333. The first-order valence-corrected chi connectivity index (χ1v) is 14.5. The molecular formula is C29H40NSi+. The highest BCUT2D eigenvalue weighted by molar-refractivity contribution is 6.88. The predicted molar refractivity (Wildman–Crippen MR) is 139 cm³/mol. The number of rotatable bonds is 4. The van der Waals surface area contributed by atoms with Crippen LogP contribution < -0.4 is 9.75 Å². The van der Waals surface area contributed by atoms with Gasteiger partial charge in [-0.3, -0.25) is 0 Å². The second kappa shape index (κ2) is 8.39. The molecule has 0 fully saturated rings. The lowest BCUT2D eigenvalue weighted by molar-refractivity contribution is -0.659. The van der Waals surface area contributed by atoms with Crippen LogP contribution in [0, 0.1) is 26.1 Å². The monoisotopic (exact) mass is 435 g/mol. The summed E-state index contributed by atoms with van der Waals surface area (Å²) in [6, 6.07) is 13.7. The zero-order chi connectivity index (χ0) is 27.4. The van der Waals surface area contributed by atoms with Crippen LogP contribution in [-0.4, -0.2) is 8.07 Å². The fourth-order valence-corrected chi connectivity index (χ4v) is 5.50. The Kier molecular flexibility index (Phi) is 4.70. The first-order valence-electron chi connectivity index (χ1n) is 13.5. The van der Waals surface area contributed by atoms with Crippen molar-refractivity contribution in [3.05, 3.63) is 70.9 Å². The summed E-state index contributed by atoms with van der Waals surface area (Å²) < 4.78 is 44.9. The molecule has 3 aromatic rings. The lowest BCUT2D eigenvalue weighted by Gasteiger charge is -2.25. The van der Waals surface area contributed by atoms with Crippen LogP contribution in [0.5, 0.6) is 0 Å². The van der Waals surface area contributed by atoms with Gasteiger partial charge in [0.1, 0.15) is 7.05 Å². The largest absolute Gasteiger partial charge is 0.212 e. The summed E-state index contributed by atoms with van der Waals surface area (Å²) in [6.45, 7) is 14.3. The molecule has 1 aromatic heterocycles. The summed E-state index contributed by atoms with van der Waals surface area (Å²) in [4.78, 5) is 0. The highest BCUT2D eigenvalue weighted by Crippen LogP contribution is 2.32. The van der Waals surface area contributed by atoms with Gasteiger partial charge >= 0.3 is 0 Å². The average Bonchev–Trinajstić information content (AvgIpc) is 2.72. The van der Waals surface area contributed by atoms with Crippen molar-refractivity contribution in [3.63, 3.8) is 0 Å². The Morgan fingerprint density at radius 1 is 0.935 bits per heavy atom. The second-order valence-corrected chi connectivity index (χ2v) is 15.8. The fraction of sp³-hybridized carbons (Fsp3) is 0.414. The lowest BCUT2D eigenvalue weighted by Crippen LogP contribution is -2.47. The Bertz CT molecular complexity index is 1280. The first kappa shape index (κ1) is 17.4. The molecule has 0 N–H and O–H groups in total. The van der Waals surface area contributed by atoms with Crippen LogP contribution >= 0.6 is 0 Å². The van der Waals surface area contributed by atoms with E-state index in [0.717, 1.165) is 38.7 Å². The summed E-state index contributed by atoms with van der Waals surface area (Å²) in [5, 5.41) is 1.10. The molecule has 2 aromatic carbocycles. The van der Waals surface area contributed by atoms with Gasteiger partial charge in [-0.25, -0.2) is 4.57 Å². The summed E-state index contributed by atoms with van der Waals surface area (Å²) in [5.74, 6) is 0. The van der Waals surface area contributed by atoms with Gasteiger partial charge in [-0.1, -0.05) is 76.3 Å². The van der Waals surface area contributed by atoms with Crippen molar-refractivity contribution in [3.8, 4) is 22.4 Å². The Labute approximate surface area is 198 Å². The van der Waals surface area contributed by atoms with E-state index in [2.05, 4.69) is 30.4 Å². The highest BCUT2D eigenvalue weighted by atomic mass is 28.3. The lowest BCUT2D eigenvalue weighted by atomic mass is 9.87. The number of aryl methyl sites for hydroxylation is 4. The molecule has 0 aliphatic rings. The van der Waals surface area contributed by atoms with E-state index in [1.807, 2.05) is 78.1 Å². The summed E-state index contributed by atoms with van der Waals surface area (Å²) in [7, 11) is 0.125. The Morgan fingerprint density at radius 3 is 2.13 bits per heavy atom. The zero-order valence-corrected chi connectivity index (χ0v) is 21.6. The molecule has 0 saturated carbocycles. The molecular weight excluding hydrogens is 390 g/mol. The Morgan fingerprint density at radius 2 is 1.58 bits per heavy atom. The van der Waals surface area contributed by atoms with Crippen molar-refractivity contribution in [2.24, 2.45) is 12.5 Å². The van der Waals surface area contributed by atoms with Crippen LogP contribution in [0.2, 0.25) is 19.6 Å². The van der Waals surface area contributed by atoms with Gasteiger partial charge in [0.2, 0.25) is 5.69 Å². The van der Waals surface area contributed by atoms with E-state index in [4.69, 9.17) is 6.85 Å². The molecule has 0 spiro atoms. The third-order valence-corrected chi connectivity index (χ3v) is 7.61. The summed E-state index contributed by atoms with van der Waals surface area (Å²) >= 11 is 0. The molecule has 31 heavy (non-hydrogen) atoms. The maximum atomic E-state index is 9.14. The molecule has 0 bridgehead atoms. The number of nitrogens with zero attached hydrogens (tertiary/aromatic N) is 1. The first-order chi connectivity index (χ1) is 16.2. The molecule has 1 nitrogen and oxygen atoms in total. The molecule has 164 valence electrons. The van der Waals surface area contributed by atoms with Crippen molar-refractivity contribution in [2.75, 3.05) is 0 Å². The van der Waals surface area contributed by atoms with Gasteiger partial charge in [-0.15, -0.1) is 0 Å². The van der Waals surface area contributed by atoms with Crippen LogP contribution in [0.1, 0.15) is 49.9 Å². The number of aromatic nitrogens is 1. The van der Waals surface area contributed by atoms with Gasteiger partial charge in [0, 0.05) is 23.7 Å². The van der Waals surface area contributed by atoms with E-state index in [1.54, 1.807) is 6.07 Å². The fourth-order valence-electron chi connectivity index (χ4n) is 3.98. The van der Waals surface area contributed by atoms with Crippen LogP contribution in [0.4, 0.5) is 0 Å². The molecule has 0 aliphatic heterocycles. The number of hydrogen-bond acceptors (Lipinski definition) is 0. The molecule has 0 unspecified atom stereocenters. The molecule has 3 rings (SSSR count). The smallest absolute Gasteiger partial charge is 0.201 e. The van der Waals surface area contributed by atoms with Crippen LogP contribution in [0.15, 0.2) is 48.7 Å². The van der Waals surface area contributed by atoms with Gasteiger partial charge in [0.25, 0.3) is 0 Å². The van der Waals surface area contributed by atoms with Crippen LogP contribution in [-0.2, 0) is 13.4 Å². The quantitative estimate of drug-likeness (QED) is 0.310. The van der Waals surface area contributed by atoms with E-state index < -0.39 is 26.7 Å². The average molecular weight is 436 g/mol. The maximum absolute atomic E-state index is 9.14. The number of pyridine rings is 1. The van der Waals surface area contributed by atoms with E-state index in [-0.39, 0.29) is 0 Å². The standard InChI is InChI=1S/C29H40NSi/c1-20-11-13-23(14-12-20)25-17-26(22(3)15-21(25)2)27-16-24(18-29(4,5)6)28(19-30(27)7)31(8,9)10/h11-17,19H,18H2,1-10H3/q+1/i2D3,18D2. The molecule has 1 heterocycles. The topological polar surface area (TPSA) is 3.88 Å². The van der Waals surface area contributed by atoms with Crippen molar-refractivity contribution >= 4 is 13.3 Å². The van der Waals surface area contributed by atoms with Gasteiger partial charge in [0.05, 0.1) is 8.07 Å². The van der Waals surface area contributed by atoms with Crippen molar-refractivity contribution < 1.29 is 11.4 Å². The van der Waals surface area contributed by atoms with Crippen molar-refractivity contribution in [2.45, 2.75) is 67.5 Å². The van der Waals surface area contributed by atoms with Gasteiger partial charge < -0.3 is 0 Å². The Balaban J connectivity index is 2.40. The molecule has 0 amide bonds. The third kappa shape index (κ3) is 5.36. The van der Waals surface area contributed by atoms with E-state index in [0.29, 0.717) is 11.1 Å². The van der Waals surface area contributed by atoms with E-state index >= 15 is 0 Å². The van der Waals surface area contributed by atoms with Crippen molar-refractivity contribution in [1.82, 2.24) is 0 Å². The minimum Gasteiger partial charge on any atom is -0.201 e. The minimum atomic E-state index is -2.25. The van der Waals surface area contributed by atoms with Gasteiger partial charge in [-0.2, -0.15) is 0 Å². The summed E-state index contributed by atoms with van der Waals surface area (Å²) in [5.41, 5.74) is 5.78. The van der Waals surface area contributed by atoms with Gasteiger partial charge in [-0.05, 0) is 66.4 Å². The maximum Gasteiger partial charge on any atom is 0.212 e. The predicted octanol–water partition coefficient (Wildman–Crippen LogP) is 6.90. The molecule has 0 aliphatic carbocycles. The molecule has 0 saturated heterocycles. The van der Waals surface area contributed by atoms with Crippen LogP contribution in [0.25, 0.3) is 22.4 Å². The molecule has 2 heteroatoms. The zero-order valence-electron chi connectivity index (χ0n) is 25.6.